The van der Waals surface area contributed by atoms with Crippen LogP contribution in [0.5, 0.6) is 5.75 Å². The molecule has 0 fully saturated rings. The SMILES string of the molecule is CCC(C)NC(=O)C(C)Oc1c(C)cc(C(=O)O)cc1C. The molecule has 2 unspecified atom stereocenters. The van der Waals surface area contributed by atoms with Gasteiger partial charge in [-0.25, -0.2) is 4.79 Å². The molecule has 0 aliphatic rings. The molecule has 116 valence electrons. The van der Waals surface area contributed by atoms with E-state index in [1.54, 1.807) is 32.9 Å². The van der Waals surface area contributed by atoms with Gasteiger partial charge in [-0.15, -0.1) is 0 Å². The summed E-state index contributed by atoms with van der Waals surface area (Å²) in [5.41, 5.74) is 1.63. The molecule has 0 aliphatic carbocycles. The molecule has 0 radical (unpaired) electrons. The van der Waals surface area contributed by atoms with E-state index in [4.69, 9.17) is 9.84 Å². The number of carbonyl (C=O) groups is 2. The minimum absolute atomic E-state index is 0.0973. The third kappa shape index (κ3) is 4.48. The molecular weight excluding hydrogens is 270 g/mol. The summed E-state index contributed by atoms with van der Waals surface area (Å²) < 4.78 is 5.71. The number of ether oxygens (including phenoxy) is 1. The van der Waals surface area contributed by atoms with Crippen LogP contribution < -0.4 is 10.1 Å². The van der Waals surface area contributed by atoms with Gasteiger partial charge in [-0.05, 0) is 57.4 Å². The monoisotopic (exact) mass is 293 g/mol. The van der Waals surface area contributed by atoms with Crippen LogP contribution >= 0.6 is 0 Å². The quantitative estimate of drug-likeness (QED) is 0.845. The smallest absolute Gasteiger partial charge is 0.335 e. The zero-order valence-electron chi connectivity index (χ0n) is 13.2. The molecule has 0 saturated heterocycles. The number of aryl methyl sites for hydroxylation is 2. The number of carboxylic acids is 1. The molecule has 5 heteroatoms. The Morgan fingerprint density at radius 1 is 1.24 bits per heavy atom. The largest absolute Gasteiger partial charge is 0.480 e. The Labute approximate surface area is 125 Å². The first-order chi connectivity index (χ1) is 9.76. The third-order valence-corrected chi connectivity index (χ3v) is 3.37. The third-order valence-electron chi connectivity index (χ3n) is 3.37. The summed E-state index contributed by atoms with van der Waals surface area (Å²) in [6, 6.07) is 3.19. The highest BCUT2D eigenvalue weighted by molar-refractivity contribution is 5.88. The fourth-order valence-corrected chi connectivity index (χ4v) is 1.95. The summed E-state index contributed by atoms with van der Waals surface area (Å²) in [7, 11) is 0. The number of nitrogens with one attached hydrogen (secondary N) is 1. The lowest BCUT2D eigenvalue weighted by molar-refractivity contribution is -0.127. The maximum Gasteiger partial charge on any atom is 0.335 e. The van der Waals surface area contributed by atoms with Crippen molar-refractivity contribution in [2.45, 2.75) is 53.2 Å². The van der Waals surface area contributed by atoms with E-state index in [0.717, 1.165) is 6.42 Å². The van der Waals surface area contributed by atoms with Crippen LogP contribution in [0.15, 0.2) is 12.1 Å². The second-order valence-corrected chi connectivity index (χ2v) is 5.32. The number of carbonyl (C=O) groups excluding carboxylic acids is 1. The number of aromatic carboxylic acids is 1. The zero-order valence-corrected chi connectivity index (χ0v) is 13.2. The topological polar surface area (TPSA) is 75.6 Å². The Bertz CT molecular complexity index is 516. The highest BCUT2D eigenvalue weighted by Crippen LogP contribution is 2.26. The standard InChI is InChI=1S/C16H23NO4/c1-6-11(4)17-15(18)12(5)21-14-9(2)7-13(16(19)20)8-10(14)3/h7-8,11-12H,6H2,1-5H3,(H,17,18)(H,19,20). The lowest BCUT2D eigenvalue weighted by atomic mass is 10.1. The van der Waals surface area contributed by atoms with Gasteiger partial charge < -0.3 is 15.2 Å². The van der Waals surface area contributed by atoms with Crippen molar-refractivity contribution in [2.75, 3.05) is 0 Å². The molecule has 2 N–H and O–H groups in total. The number of carboxylic acid groups (broad SMARTS) is 1. The van der Waals surface area contributed by atoms with Crippen LogP contribution in [0.2, 0.25) is 0 Å². The summed E-state index contributed by atoms with van der Waals surface area (Å²) in [6.45, 7) is 9.15. The molecule has 1 rings (SSSR count). The number of hydrogen-bond acceptors (Lipinski definition) is 3. The molecule has 2 atom stereocenters. The Morgan fingerprint density at radius 3 is 2.19 bits per heavy atom. The van der Waals surface area contributed by atoms with Crippen LogP contribution in [0.1, 0.15) is 48.7 Å². The van der Waals surface area contributed by atoms with Gasteiger partial charge in [0.2, 0.25) is 0 Å². The van der Waals surface area contributed by atoms with Crippen molar-refractivity contribution in [3.63, 3.8) is 0 Å². The summed E-state index contributed by atoms with van der Waals surface area (Å²) >= 11 is 0. The second-order valence-electron chi connectivity index (χ2n) is 5.32. The second kappa shape index (κ2) is 7.11. The van der Waals surface area contributed by atoms with Gasteiger partial charge in [0.1, 0.15) is 5.75 Å². The zero-order chi connectivity index (χ0) is 16.2. The van der Waals surface area contributed by atoms with Crippen LogP contribution in [0.25, 0.3) is 0 Å². The van der Waals surface area contributed by atoms with E-state index in [1.165, 1.54) is 0 Å². The van der Waals surface area contributed by atoms with Crippen molar-refractivity contribution in [3.05, 3.63) is 28.8 Å². The first kappa shape index (κ1) is 17.0. The van der Waals surface area contributed by atoms with Crippen molar-refractivity contribution in [1.82, 2.24) is 5.32 Å². The van der Waals surface area contributed by atoms with Crippen molar-refractivity contribution in [1.29, 1.82) is 0 Å². The van der Waals surface area contributed by atoms with Gasteiger partial charge in [0.05, 0.1) is 5.56 Å². The van der Waals surface area contributed by atoms with E-state index in [0.29, 0.717) is 16.9 Å². The first-order valence-electron chi connectivity index (χ1n) is 7.07. The molecule has 0 saturated carbocycles. The minimum atomic E-state index is -0.977. The average molecular weight is 293 g/mol. The van der Waals surface area contributed by atoms with Crippen molar-refractivity contribution >= 4 is 11.9 Å². The summed E-state index contributed by atoms with van der Waals surface area (Å²) in [6.07, 6.45) is 0.219. The average Bonchev–Trinajstić information content (AvgIpc) is 2.41. The minimum Gasteiger partial charge on any atom is -0.480 e. The maximum absolute atomic E-state index is 12.0. The Hall–Kier alpha value is -2.04. The maximum atomic E-state index is 12.0. The lowest BCUT2D eigenvalue weighted by Crippen LogP contribution is -2.41. The predicted molar refractivity (Wildman–Crippen MR) is 80.9 cm³/mol. The van der Waals surface area contributed by atoms with E-state index in [2.05, 4.69) is 5.32 Å². The first-order valence-corrected chi connectivity index (χ1v) is 7.07. The van der Waals surface area contributed by atoms with Gasteiger partial charge in [-0.1, -0.05) is 6.92 Å². The number of benzene rings is 1. The molecule has 1 aromatic rings. The molecule has 0 spiro atoms. The predicted octanol–water partition coefficient (Wildman–Crippen LogP) is 2.68. The molecule has 1 amide bonds. The van der Waals surface area contributed by atoms with Crippen LogP contribution in [0.3, 0.4) is 0 Å². The van der Waals surface area contributed by atoms with E-state index in [-0.39, 0.29) is 17.5 Å². The van der Waals surface area contributed by atoms with Gasteiger partial charge in [-0.3, -0.25) is 4.79 Å². The highest BCUT2D eigenvalue weighted by atomic mass is 16.5. The molecule has 0 aromatic heterocycles. The van der Waals surface area contributed by atoms with Gasteiger partial charge in [-0.2, -0.15) is 0 Å². The van der Waals surface area contributed by atoms with Crippen LogP contribution in [-0.4, -0.2) is 29.1 Å². The van der Waals surface area contributed by atoms with E-state index in [9.17, 15) is 9.59 Å². The number of amides is 1. The van der Waals surface area contributed by atoms with Crippen LogP contribution in [0.4, 0.5) is 0 Å². The number of rotatable bonds is 6. The molecular formula is C16H23NO4. The summed E-state index contributed by atoms with van der Waals surface area (Å²) in [4.78, 5) is 23.0. The van der Waals surface area contributed by atoms with Gasteiger partial charge in [0.15, 0.2) is 6.10 Å². The molecule has 0 bridgehead atoms. The Morgan fingerprint density at radius 2 is 1.76 bits per heavy atom. The van der Waals surface area contributed by atoms with Gasteiger partial charge in [0, 0.05) is 6.04 Å². The fourth-order valence-electron chi connectivity index (χ4n) is 1.95. The van der Waals surface area contributed by atoms with Crippen LogP contribution in [-0.2, 0) is 4.79 Å². The summed E-state index contributed by atoms with van der Waals surface area (Å²) in [5.74, 6) is -0.590. The highest BCUT2D eigenvalue weighted by Gasteiger charge is 2.19. The Kier molecular flexibility index (Phi) is 5.76. The normalized spacial score (nSPS) is 13.4. The van der Waals surface area contributed by atoms with Gasteiger partial charge >= 0.3 is 5.97 Å². The molecule has 0 heterocycles. The van der Waals surface area contributed by atoms with Crippen LogP contribution in [0, 0.1) is 13.8 Å². The molecule has 0 aliphatic heterocycles. The van der Waals surface area contributed by atoms with E-state index < -0.39 is 12.1 Å². The molecule has 5 nitrogen and oxygen atoms in total. The molecule has 21 heavy (non-hydrogen) atoms. The van der Waals surface area contributed by atoms with E-state index >= 15 is 0 Å². The van der Waals surface area contributed by atoms with Crippen molar-refractivity contribution in [3.8, 4) is 5.75 Å². The Balaban J connectivity index is 2.88. The fraction of sp³-hybridized carbons (Fsp3) is 0.500. The number of hydrogen-bond donors (Lipinski definition) is 2. The van der Waals surface area contributed by atoms with Crippen molar-refractivity contribution < 1.29 is 19.4 Å². The van der Waals surface area contributed by atoms with E-state index in [1.807, 2.05) is 13.8 Å². The lowest BCUT2D eigenvalue weighted by Gasteiger charge is -2.20. The summed E-state index contributed by atoms with van der Waals surface area (Å²) in [5, 5.41) is 11.9. The van der Waals surface area contributed by atoms with Gasteiger partial charge in [0.25, 0.3) is 5.91 Å². The van der Waals surface area contributed by atoms with Crippen molar-refractivity contribution in [2.24, 2.45) is 0 Å². The molecule has 1 aromatic carbocycles.